The van der Waals surface area contributed by atoms with E-state index < -0.39 is 0 Å². The van der Waals surface area contributed by atoms with E-state index in [0.717, 1.165) is 51.4 Å². The Labute approximate surface area is 213 Å². The van der Waals surface area contributed by atoms with Crippen molar-refractivity contribution in [3.8, 4) is 0 Å². The lowest BCUT2D eigenvalue weighted by atomic mass is 9.99. The number of rotatable bonds is 8. The number of benzene rings is 2. The number of hydrogen-bond acceptors (Lipinski definition) is 2. The molecule has 33 heavy (non-hydrogen) atoms. The van der Waals surface area contributed by atoms with Crippen LogP contribution in [-0.2, 0) is 24.2 Å². The molecule has 0 saturated carbocycles. The highest BCUT2D eigenvalue weighted by atomic mass is 127. The van der Waals surface area contributed by atoms with E-state index in [1.807, 2.05) is 11.0 Å². The molecule has 0 fully saturated rings. The van der Waals surface area contributed by atoms with Crippen LogP contribution >= 0.6 is 24.0 Å². The monoisotopic (exact) mass is 559 g/mol. The number of aromatic amines is 1. The van der Waals surface area contributed by atoms with Crippen LogP contribution in [0.3, 0.4) is 0 Å². The number of carbonyl (C=O) groups is 1. The fourth-order valence-corrected chi connectivity index (χ4v) is 4.28. The van der Waals surface area contributed by atoms with Gasteiger partial charge in [0.05, 0.1) is 0 Å². The third-order valence-corrected chi connectivity index (χ3v) is 6.01. The number of fused-ring (bicyclic) bond motifs is 2. The lowest BCUT2D eigenvalue weighted by Crippen LogP contribution is -2.38. The molecule has 1 aromatic heterocycles. The maximum atomic E-state index is 12.6. The van der Waals surface area contributed by atoms with E-state index in [0.29, 0.717) is 13.0 Å². The number of para-hydroxylation sites is 1. The van der Waals surface area contributed by atoms with E-state index in [-0.39, 0.29) is 29.9 Å². The Balaban J connectivity index is 0.00000306. The van der Waals surface area contributed by atoms with E-state index in [2.05, 4.69) is 76.2 Å². The first kappa shape index (κ1) is 25.1. The number of carbonyl (C=O) groups excluding carboxylic acids is 1. The van der Waals surface area contributed by atoms with Crippen LogP contribution in [0.5, 0.6) is 0 Å². The van der Waals surface area contributed by atoms with Gasteiger partial charge in [0.25, 0.3) is 0 Å². The molecule has 1 aliphatic rings. The van der Waals surface area contributed by atoms with Crippen LogP contribution in [-0.4, -0.2) is 47.9 Å². The van der Waals surface area contributed by atoms with Gasteiger partial charge in [0.2, 0.25) is 5.91 Å². The second-order valence-electron chi connectivity index (χ2n) is 8.23. The van der Waals surface area contributed by atoms with Crippen molar-refractivity contribution in [1.82, 2.24) is 20.5 Å². The van der Waals surface area contributed by atoms with Gasteiger partial charge in [0.1, 0.15) is 0 Å². The topological polar surface area (TPSA) is 72.5 Å². The van der Waals surface area contributed by atoms with Gasteiger partial charge >= 0.3 is 0 Å². The fourth-order valence-electron chi connectivity index (χ4n) is 4.28. The predicted octanol–water partition coefficient (Wildman–Crippen LogP) is 4.25. The molecule has 2 aromatic carbocycles. The van der Waals surface area contributed by atoms with E-state index in [1.165, 1.54) is 27.6 Å². The Morgan fingerprint density at radius 3 is 2.73 bits per heavy atom. The number of guanidine groups is 1. The second-order valence-corrected chi connectivity index (χ2v) is 8.23. The number of aliphatic imine (C=N–C) groups is 1. The van der Waals surface area contributed by atoms with Gasteiger partial charge in [-0.1, -0.05) is 42.5 Å². The Morgan fingerprint density at radius 1 is 1.09 bits per heavy atom. The molecule has 0 spiro atoms. The molecular weight excluding hydrogens is 525 g/mol. The first-order valence-corrected chi connectivity index (χ1v) is 11.7. The third kappa shape index (κ3) is 6.72. The molecule has 176 valence electrons. The zero-order valence-electron chi connectivity index (χ0n) is 19.3. The first-order chi connectivity index (χ1) is 15.7. The zero-order valence-corrected chi connectivity index (χ0v) is 21.6. The number of amides is 1. The van der Waals surface area contributed by atoms with Crippen LogP contribution in [0.4, 0.5) is 0 Å². The summed E-state index contributed by atoms with van der Waals surface area (Å²) in [4.78, 5) is 22.6. The average Bonchev–Trinajstić information content (AvgIpc) is 3.24. The quantitative estimate of drug-likeness (QED) is 0.167. The Morgan fingerprint density at radius 2 is 1.88 bits per heavy atom. The molecule has 6 nitrogen and oxygen atoms in total. The number of nitrogens with one attached hydrogen (secondary N) is 3. The van der Waals surface area contributed by atoms with Gasteiger partial charge in [-0.05, 0) is 48.9 Å². The molecule has 2 heterocycles. The van der Waals surface area contributed by atoms with Crippen molar-refractivity contribution in [3.05, 3.63) is 71.4 Å². The third-order valence-electron chi connectivity index (χ3n) is 6.01. The Kier molecular flexibility index (Phi) is 9.60. The van der Waals surface area contributed by atoms with Gasteiger partial charge < -0.3 is 20.5 Å². The summed E-state index contributed by atoms with van der Waals surface area (Å²) in [6, 6.07) is 16.8. The maximum Gasteiger partial charge on any atom is 0.222 e. The number of nitrogens with zero attached hydrogens (tertiary/aromatic N) is 2. The Hall–Kier alpha value is -2.55. The van der Waals surface area contributed by atoms with Gasteiger partial charge in [-0.25, -0.2) is 0 Å². The molecular formula is C26H34IN5O. The summed E-state index contributed by atoms with van der Waals surface area (Å²) in [5, 5.41) is 7.99. The SMILES string of the molecule is CCNC(=NCCCC(=O)N1CCc2ccccc2C1)NCCc1c[nH]c2ccccc12.I. The van der Waals surface area contributed by atoms with Crippen LogP contribution in [0, 0.1) is 0 Å². The van der Waals surface area contributed by atoms with Crippen LogP contribution in [0.2, 0.25) is 0 Å². The van der Waals surface area contributed by atoms with Crippen molar-refractivity contribution < 1.29 is 4.79 Å². The summed E-state index contributed by atoms with van der Waals surface area (Å²) in [5.41, 5.74) is 5.12. The molecule has 4 rings (SSSR count). The van der Waals surface area contributed by atoms with E-state index in [1.54, 1.807) is 0 Å². The van der Waals surface area contributed by atoms with E-state index in [4.69, 9.17) is 0 Å². The van der Waals surface area contributed by atoms with Crippen LogP contribution in [0.25, 0.3) is 10.9 Å². The fraction of sp³-hybridized carbons (Fsp3) is 0.385. The summed E-state index contributed by atoms with van der Waals surface area (Å²) in [6.45, 7) is 5.87. The molecule has 3 aromatic rings. The minimum absolute atomic E-state index is 0. The summed E-state index contributed by atoms with van der Waals surface area (Å²) in [7, 11) is 0. The van der Waals surface area contributed by atoms with Crippen molar-refractivity contribution in [2.24, 2.45) is 4.99 Å². The van der Waals surface area contributed by atoms with E-state index >= 15 is 0 Å². The van der Waals surface area contributed by atoms with E-state index in [9.17, 15) is 4.79 Å². The van der Waals surface area contributed by atoms with Gasteiger partial charge in [-0.2, -0.15) is 0 Å². The molecule has 0 unspecified atom stereocenters. The molecule has 3 N–H and O–H groups in total. The molecule has 0 bridgehead atoms. The summed E-state index contributed by atoms with van der Waals surface area (Å²) < 4.78 is 0. The molecule has 7 heteroatoms. The lowest BCUT2D eigenvalue weighted by molar-refractivity contribution is -0.132. The smallest absolute Gasteiger partial charge is 0.222 e. The predicted molar refractivity (Wildman–Crippen MR) is 146 cm³/mol. The summed E-state index contributed by atoms with van der Waals surface area (Å²) in [6.07, 6.45) is 5.26. The van der Waals surface area contributed by atoms with Crippen LogP contribution in [0.15, 0.2) is 59.7 Å². The first-order valence-electron chi connectivity index (χ1n) is 11.7. The lowest BCUT2D eigenvalue weighted by Gasteiger charge is -2.28. The number of H-pyrrole nitrogens is 1. The van der Waals surface area contributed by atoms with Crippen molar-refractivity contribution in [3.63, 3.8) is 0 Å². The highest BCUT2D eigenvalue weighted by molar-refractivity contribution is 14.0. The highest BCUT2D eigenvalue weighted by Crippen LogP contribution is 2.19. The van der Waals surface area contributed by atoms with Gasteiger partial charge in [-0.15, -0.1) is 24.0 Å². The summed E-state index contributed by atoms with van der Waals surface area (Å²) in [5.74, 6) is 1.04. The van der Waals surface area contributed by atoms with Crippen molar-refractivity contribution in [2.45, 2.75) is 39.2 Å². The van der Waals surface area contributed by atoms with Crippen molar-refractivity contribution in [2.75, 3.05) is 26.2 Å². The number of aromatic nitrogens is 1. The molecule has 0 saturated heterocycles. The second kappa shape index (κ2) is 12.6. The summed E-state index contributed by atoms with van der Waals surface area (Å²) >= 11 is 0. The molecule has 0 aliphatic carbocycles. The minimum atomic E-state index is 0. The maximum absolute atomic E-state index is 12.6. The minimum Gasteiger partial charge on any atom is -0.361 e. The van der Waals surface area contributed by atoms with Crippen LogP contribution in [0.1, 0.15) is 36.5 Å². The molecule has 0 atom stereocenters. The van der Waals surface area contributed by atoms with Gasteiger partial charge in [0.15, 0.2) is 5.96 Å². The normalized spacial score (nSPS) is 13.4. The van der Waals surface area contributed by atoms with Gasteiger partial charge in [0, 0.05) is 56.2 Å². The zero-order chi connectivity index (χ0) is 22.2. The molecule has 1 aliphatic heterocycles. The number of halogens is 1. The van der Waals surface area contributed by atoms with Crippen molar-refractivity contribution in [1.29, 1.82) is 0 Å². The highest BCUT2D eigenvalue weighted by Gasteiger charge is 2.19. The largest absolute Gasteiger partial charge is 0.361 e. The van der Waals surface area contributed by atoms with Crippen LogP contribution < -0.4 is 10.6 Å². The standard InChI is InChI=1S/C26H33N5O.HI/c1-2-27-26(29-16-13-21-18-30-24-11-6-5-10-23(21)24)28-15-7-12-25(32)31-17-14-20-8-3-4-9-22(20)19-31;/h3-6,8-11,18,30H,2,7,12-17,19H2,1H3,(H2,27,28,29);1H. The molecule has 1 amide bonds. The van der Waals surface area contributed by atoms with Gasteiger partial charge in [-0.3, -0.25) is 9.79 Å². The van der Waals surface area contributed by atoms with Crippen molar-refractivity contribution >= 4 is 46.7 Å². The number of hydrogen-bond donors (Lipinski definition) is 3. The average molecular weight is 559 g/mol. The Bertz CT molecular complexity index is 1080. The molecule has 0 radical (unpaired) electrons.